The summed E-state index contributed by atoms with van der Waals surface area (Å²) < 4.78 is 5.63. The number of nitrogens with zero attached hydrogens (tertiary/aromatic N) is 2. The van der Waals surface area contributed by atoms with Crippen molar-refractivity contribution in [3.8, 4) is 5.75 Å². The lowest BCUT2D eigenvalue weighted by molar-refractivity contribution is 0.0768. The van der Waals surface area contributed by atoms with Crippen molar-refractivity contribution in [2.75, 3.05) is 25.9 Å². The minimum absolute atomic E-state index is 0.549. The van der Waals surface area contributed by atoms with Gasteiger partial charge in [-0.25, -0.2) is 0 Å². The molecule has 1 saturated heterocycles. The van der Waals surface area contributed by atoms with Gasteiger partial charge in [0.25, 0.3) is 0 Å². The van der Waals surface area contributed by atoms with Crippen LogP contribution in [0.15, 0.2) is 12.3 Å². The van der Waals surface area contributed by atoms with E-state index >= 15 is 0 Å². The van der Waals surface area contributed by atoms with Gasteiger partial charge in [-0.3, -0.25) is 9.88 Å². The zero-order chi connectivity index (χ0) is 10.8. The van der Waals surface area contributed by atoms with Gasteiger partial charge >= 0.3 is 0 Å². The Morgan fingerprint density at radius 1 is 1.67 bits per heavy atom. The molecule has 0 aliphatic carbocycles. The fraction of sp³-hybridized carbons (Fsp3) is 0.545. The van der Waals surface area contributed by atoms with Crippen LogP contribution in [0.2, 0.25) is 0 Å². The van der Waals surface area contributed by atoms with Gasteiger partial charge in [0.2, 0.25) is 0 Å². The van der Waals surface area contributed by atoms with Gasteiger partial charge in [0.05, 0.1) is 17.6 Å². The van der Waals surface area contributed by atoms with Crippen molar-refractivity contribution >= 4 is 5.69 Å². The summed E-state index contributed by atoms with van der Waals surface area (Å²) in [6, 6.07) is 2.38. The molecule has 0 radical (unpaired) electrons. The second-order valence-electron chi connectivity index (χ2n) is 4.08. The molecule has 0 bridgehead atoms. The molecular formula is C11H17N3O. The molecule has 0 amide bonds. The number of aromatic nitrogens is 1. The molecule has 1 atom stereocenters. The molecule has 15 heavy (non-hydrogen) atoms. The van der Waals surface area contributed by atoms with Gasteiger partial charge in [-0.1, -0.05) is 0 Å². The van der Waals surface area contributed by atoms with Crippen molar-refractivity contribution < 1.29 is 4.74 Å². The Kier molecular flexibility index (Phi) is 2.77. The molecular weight excluding hydrogens is 190 g/mol. The summed E-state index contributed by atoms with van der Waals surface area (Å²) in [5.41, 5.74) is 7.29. The number of hydrogen-bond donors (Lipinski definition) is 1. The Morgan fingerprint density at radius 2 is 2.47 bits per heavy atom. The molecule has 4 heteroatoms. The number of likely N-dealkylation sites (N-methyl/N-ethyl adjacent to an activating group) is 1. The number of nitrogen functional groups attached to an aromatic ring is 1. The number of likely N-dealkylation sites (tertiary alicyclic amines) is 1. The van der Waals surface area contributed by atoms with E-state index in [-0.39, 0.29) is 0 Å². The second kappa shape index (κ2) is 4.06. The molecule has 1 fully saturated rings. The maximum absolute atomic E-state index is 5.75. The summed E-state index contributed by atoms with van der Waals surface area (Å²) in [4.78, 5) is 6.44. The standard InChI is InChI=1S/C11H17N3O/c1-8-11(12)5-10(6-13-8)15-7-9-3-4-14(9)2/h5-6,9H,3-4,7,12H2,1-2H3/t9-/m0/s1. The Balaban J connectivity index is 1.90. The third-order valence-corrected chi connectivity index (χ3v) is 2.98. The first-order valence-electron chi connectivity index (χ1n) is 5.22. The van der Waals surface area contributed by atoms with Crippen molar-refractivity contribution in [1.29, 1.82) is 0 Å². The van der Waals surface area contributed by atoms with Crippen LogP contribution in [0.1, 0.15) is 12.1 Å². The number of ether oxygens (including phenoxy) is 1. The monoisotopic (exact) mass is 207 g/mol. The van der Waals surface area contributed by atoms with Gasteiger partial charge in [0, 0.05) is 12.1 Å². The number of rotatable bonds is 3. The van der Waals surface area contributed by atoms with Crippen LogP contribution in [0.4, 0.5) is 5.69 Å². The highest BCUT2D eigenvalue weighted by atomic mass is 16.5. The van der Waals surface area contributed by atoms with Crippen LogP contribution in [-0.2, 0) is 0 Å². The lowest BCUT2D eigenvalue weighted by Crippen LogP contribution is -2.48. The summed E-state index contributed by atoms with van der Waals surface area (Å²) in [5, 5.41) is 0. The Hall–Kier alpha value is -1.29. The molecule has 4 nitrogen and oxygen atoms in total. The van der Waals surface area contributed by atoms with E-state index in [0.717, 1.165) is 18.1 Å². The summed E-state index contributed by atoms with van der Waals surface area (Å²) in [5.74, 6) is 0.762. The van der Waals surface area contributed by atoms with Gasteiger partial charge in [-0.15, -0.1) is 0 Å². The van der Waals surface area contributed by atoms with Crippen LogP contribution in [0.3, 0.4) is 0 Å². The first-order valence-corrected chi connectivity index (χ1v) is 5.22. The lowest BCUT2D eigenvalue weighted by atomic mass is 10.1. The minimum atomic E-state index is 0.549. The molecule has 0 unspecified atom stereocenters. The summed E-state index contributed by atoms with van der Waals surface area (Å²) in [6.45, 7) is 3.78. The minimum Gasteiger partial charge on any atom is -0.490 e. The molecule has 1 aromatic rings. The summed E-state index contributed by atoms with van der Waals surface area (Å²) in [6.07, 6.45) is 2.94. The number of nitrogens with two attached hydrogens (primary N) is 1. The second-order valence-corrected chi connectivity index (χ2v) is 4.08. The van der Waals surface area contributed by atoms with Crippen LogP contribution in [0.25, 0.3) is 0 Å². The molecule has 2 heterocycles. The van der Waals surface area contributed by atoms with Crippen LogP contribution in [0.5, 0.6) is 5.75 Å². The molecule has 0 spiro atoms. The topological polar surface area (TPSA) is 51.4 Å². The van der Waals surface area contributed by atoms with E-state index in [4.69, 9.17) is 10.5 Å². The molecule has 0 saturated carbocycles. The molecule has 2 rings (SSSR count). The first-order chi connectivity index (χ1) is 7.16. The number of hydrogen-bond acceptors (Lipinski definition) is 4. The van der Waals surface area contributed by atoms with Gasteiger partial charge in [0.15, 0.2) is 0 Å². The van der Waals surface area contributed by atoms with Crippen molar-refractivity contribution in [3.63, 3.8) is 0 Å². The fourth-order valence-electron chi connectivity index (χ4n) is 1.58. The van der Waals surface area contributed by atoms with E-state index in [2.05, 4.69) is 16.9 Å². The van der Waals surface area contributed by atoms with Crippen molar-refractivity contribution in [1.82, 2.24) is 9.88 Å². The molecule has 1 aromatic heterocycles. The predicted octanol–water partition coefficient (Wildman–Crippen LogP) is 1.06. The highest BCUT2D eigenvalue weighted by Gasteiger charge is 2.24. The molecule has 1 aliphatic heterocycles. The van der Waals surface area contributed by atoms with E-state index < -0.39 is 0 Å². The third kappa shape index (κ3) is 2.21. The molecule has 0 aromatic carbocycles. The number of anilines is 1. The normalized spacial score (nSPS) is 21.1. The zero-order valence-electron chi connectivity index (χ0n) is 9.23. The van der Waals surface area contributed by atoms with E-state index in [0.29, 0.717) is 11.7 Å². The van der Waals surface area contributed by atoms with Gasteiger partial charge in [-0.2, -0.15) is 0 Å². The maximum Gasteiger partial charge on any atom is 0.139 e. The molecule has 1 aliphatic rings. The van der Waals surface area contributed by atoms with E-state index in [1.54, 1.807) is 6.20 Å². The summed E-state index contributed by atoms with van der Waals surface area (Å²) in [7, 11) is 2.11. The van der Waals surface area contributed by atoms with E-state index in [9.17, 15) is 0 Å². The largest absolute Gasteiger partial charge is 0.490 e. The van der Waals surface area contributed by atoms with E-state index in [1.165, 1.54) is 13.0 Å². The highest BCUT2D eigenvalue weighted by Crippen LogP contribution is 2.19. The predicted molar refractivity (Wildman–Crippen MR) is 59.9 cm³/mol. The van der Waals surface area contributed by atoms with Crippen molar-refractivity contribution in [2.45, 2.75) is 19.4 Å². The number of aryl methyl sites for hydroxylation is 1. The van der Waals surface area contributed by atoms with Crippen LogP contribution >= 0.6 is 0 Å². The quantitative estimate of drug-likeness (QED) is 0.805. The van der Waals surface area contributed by atoms with Crippen LogP contribution in [-0.4, -0.2) is 36.1 Å². The smallest absolute Gasteiger partial charge is 0.139 e. The maximum atomic E-state index is 5.75. The summed E-state index contributed by atoms with van der Waals surface area (Å²) >= 11 is 0. The van der Waals surface area contributed by atoms with Crippen molar-refractivity contribution in [3.05, 3.63) is 18.0 Å². The Bertz CT molecular complexity index is 354. The average molecular weight is 207 g/mol. The van der Waals surface area contributed by atoms with Crippen LogP contribution in [0, 0.1) is 6.92 Å². The Morgan fingerprint density at radius 3 is 3.00 bits per heavy atom. The van der Waals surface area contributed by atoms with Crippen LogP contribution < -0.4 is 10.5 Å². The SMILES string of the molecule is Cc1ncc(OC[C@@H]2CCN2C)cc1N. The van der Waals surface area contributed by atoms with Crippen molar-refractivity contribution in [2.24, 2.45) is 0 Å². The van der Waals surface area contributed by atoms with Gasteiger partial charge in [-0.05, 0) is 26.9 Å². The molecule has 2 N–H and O–H groups in total. The van der Waals surface area contributed by atoms with E-state index in [1.807, 2.05) is 13.0 Å². The zero-order valence-corrected chi connectivity index (χ0v) is 9.23. The highest BCUT2D eigenvalue weighted by molar-refractivity contribution is 5.46. The number of pyridine rings is 1. The van der Waals surface area contributed by atoms with Gasteiger partial charge in [0.1, 0.15) is 12.4 Å². The lowest BCUT2D eigenvalue weighted by Gasteiger charge is -2.37. The average Bonchev–Trinajstić information content (AvgIpc) is 2.21. The fourth-order valence-corrected chi connectivity index (χ4v) is 1.58. The van der Waals surface area contributed by atoms with Gasteiger partial charge < -0.3 is 10.5 Å². The Labute approximate surface area is 90.0 Å². The third-order valence-electron chi connectivity index (χ3n) is 2.98. The molecule has 82 valence electrons. The first kappa shape index (κ1) is 10.2.